The molecule has 2 nitrogen and oxygen atoms in total. The van der Waals surface area contributed by atoms with Crippen molar-refractivity contribution >= 4 is 45.1 Å². The number of hydrogen-bond donors (Lipinski definition) is 0. The molecule has 1 aromatic heterocycles. The lowest BCUT2D eigenvalue weighted by Crippen LogP contribution is -2.07. The monoisotopic (exact) mass is 347 g/mol. The largest absolute Gasteiger partial charge is 0.488 e. The first kappa shape index (κ1) is 11.9. The van der Waals surface area contributed by atoms with E-state index in [-0.39, 0.29) is 6.10 Å². The molecule has 16 heavy (non-hydrogen) atoms. The third-order valence-corrected chi connectivity index (χ3v) is 3.15. The van der Waals surface area contributed by atoms with Gasteiger partial charge >= 0.3 is 0 Å². The molecule has 84 valence electrons. The van der Waals surface area contributed by atoms with Gasteiger partial charge < -0.3 is 4.74 Å². The van der Waals surface area contributed by atoms with Crippen LogP contribution in [0.5, 0.6) is 5.75 Å². The highest BCUT2D eigenvalue weighted by molar-refractivity contribution is 14.1. The van der Waals surface area contributed by atoms with E-state index < -0.39 is 0 Å². The molecule has 0 aliphatic rings. The Labute approximate surface area is 113 Å². The zero-order chi connectivity index (χ0) is 11.7. The lowest BCUT2D eigenvalue weighted by Gasteiger charge is -2.13. The first-order valence-corrected chi connectivity index (χ1v) is 6.45. The number of rotatable bonds is 2. The van der Waals surface area contributed by atoms with Crippen molar-refractivity contribution in [3.63, 3.8) is 0 Å². The molecular weight excluding hydrogens is 336 g/mol. The summed E-state index contributed by atoms with van der Waals surface area (Å²) in [5.74, 6) is 0.815. The van der Waals surface area contributed by atoms with Gasteiger partial charge in [-0.3, -0.25) is 0 Å². The molecule has 2 aromatic rings. The summed E-state index contributed by atoms with van der Waals surface area (Å²) in [4.78, 5) is 4.33. The fourth-order valence-corrected chi connectivity index (χ4v) is 2.17. The maximum atomic E-state index is 5.91. The minimum Gasteiger partial charge on any atom is -0.488 e. The molecule has 0 unspecified atom stereocenters. The highest BCUT2D eigenvalue weighted by atomic mass is 127. The number of benzene rings is 1. The van der Waals surface area contributed by atoms with Crippen LogP contribution in [0.15, 0.2) is 24.3 Å². The van der Waals surface area contributed by atoms with E-state index in [0.29, 0.717) is 5.15 Å². The van der Waals surface area contributed by atoms with Crippen LogP contribution < -0.4 is 4.74 Å². The van der Waals surface area contributed by atoms with E-state index in [2.05, 4.69) is 27.6 Å². The summed E-state index contributed by atoms with van der Waals surface area (Å²) >= 11 is 8.16. The van der Waals surface area contributed by atoms with Crippen LogP contribution in [0, 0.1) is 3.57 Å². The number of hydrogen-bond acceptors (Lipinski definition) is 2. The summed E-state index contributed by atoms with van der Waals surface area (Å²) in [6.07, 6.45) is 0.125. The molecule has 0 fully saturated rings. The van der Waals surface area contributed by atoms with E-state index in [0.717, 1.165) is 20.2 Å². The molecule has 0 saturated carbocycles. The molecule has 0 atom stereocenters. The van der Waals surface area contributed by atoms with Gasteiger partial charge in [0.05, 0.1) is 9.67 Å². The maximum absolute atomic E-state index is 5.91. The standard InChI is InChI=1S/C12H11ClINO/c1-7(2)16-12-9(14)5-3-8-4-6-10(13)15-11(8)12/h3-7H,1-2H3. The van der Waals surface area contributed by atoms with Gasteiger partial charge in [0, 0.05) is 5.39 Å². The van der Waals surface area contributed by atoms with E-state index in [1.807, 2.05) is 32.0 Å². The number of fused-ring (bicyclic) bond motifs is 1. The van der Waals surface area contributed by atoms with Gasteiger partial charge in [0.25, 0.3) is 0 Å². The Morgan fingerprint density at radius 1 is 1.25 bits per heavy atom. The SMILES string of the molecule is CC(C)Oc1c(I)ccc2ccc(Cl)nc12. The van der Waals surface area contributed by atoms with Crippen LogP contribution in [0.25, 0.3) is 10.9 Å². The summed E-state index contributed by atoms with van der Waals surface area (Å²) in [6.45, 7) is 4.00. The summed E-state index contributed by atoms with van der Waals surface area (Å²) in [7, 11) is 0. The highest BCUT2D eigenvalue weighted by Gasteiger charge is 2.10. The number of nitrogens with zero attached hydrogens (tertiary/aromatic N) is 1. The number of pyridine rings is 1. The van der Waals surface area contributed by atoms with Crippen molar-refractivity contribution in [3.8, 4) is 5.75 Å². The summed E-state index contributed by atoms with van der Waals surface area (Å²) < 4.78 is 6.83. The maximum Gasteiger partial charge on any atom is 0.159 e. The van der Waals surface area contributed by atoms with Crippen molar-refractivity contribution in [2.45, 2.75) is 20.0 Å². The van der Waals surface area contributed by atoms with Crippen molar-refractivity contribution in [2.24, 2.45) is 0 Å². The first-order valence-electron chi connectivity index (χ1n) is 4.99. The van der Waals surface area contributed by atoms with E-state index >= 15 is 0 Å². The fraction of sp³-hybridized carbons (Fsp3) is 0.250. The molecule has 0 aliphatic carbocycles. The Balaban J connectivity index is 2.67. The highest BCUT2D eigenvalue weighted by Crippen LogP contribution is 2.31. The lowest BCUT2D eigenvalue weighted by atomic mass is 10.2. The van der Waals surface area contributed by atoms with Crippen LogP contribution in [0.1, 0.15) is 13.8 Å². The second kappa shape index (κ2) is 4.75. The van der Waals surface area contributed by atoms with Gasteiger partial charge in [-0.05, 0) is 54.6 Å². The fourth-order valence-electron chi connectivity index (χ4n) is 1.46. The Bertz CT molecular complexity index is 522. The summed E-state index contributed by atoms with van der Waals surface area (Å²) in [5, 5.41) is 1.53. The molecular formula is C12H11ClINO. The second-order valence-electron chi connectivity index (χ2n) is 3.75. The second-order valence-corrected chi connectivity index (χ2v) is 5.30. The van der Waals surface area contributed by atoms with Crippen LogP contribution >= 0.6 is 34.2 Å². The van der Waals surface area contributed by atoms with Crippen molar-refractivity contribution < 1.29 is 4.74 Å². The molecule has 0 radical (unpaired) electrons. The molecule has 4 heteroatoms. The Morgan fingerprint density at radius 2 is 1.94 bits per heavy atom. The molecule has 0 amide bonds. The predicted octanol–water partition coefficient (Wildman–Crippen LogP) is 4.28. The zero-order valence-corrected chi connectivity index (χ0v) is 11.9. The minimum absolute atomic E-state index is 0.125. The van der Waals surface area contributed by atoms with E-state index in [1.54, 1.807) is 6.07 Å². The molecule has 0 bridgehead atoms. The van der Waals surface area contributed by atoms with E-state index in [4.69, 9.17) is 16.3 Å². The molecule has 0 aliphatic heterocycles. The predicted molar refractivity (Wildman–Crippen MR) is 75.2 cm³/mol. The molecule has 0 N–H and O–H groups in total. The van der Waals surface area contributed by atoms with Crippen LogP contribution in [-0.4, -0.2) is 11.1 Å². The first-order chi connectivity index (χ1) is 7.58. The van der Waals surface area contributed by atoms with Crippen molar-refractivity contribution in [1.29, 1.82) is 0 Å². The van der Waals surface area contributed by atoms with Gasteiger partial charge in [-0.2, -0.15) is 0 Å². The quantitative estimate of drug-likeness (QED) is 0.597. The number of halogens is 2. The molecule has 1 heterocycles. The zero-order valence-electron chi connectivity index (χ0n) is 9.00. The van der Waals surface area contributed by atoms with Gasteiger partial charge in [-0.1, -0.05) is 17.7 Å². The van der Waals surface area contributed by atoms with Gasteiger partial charge in [0.2, 0.25) is 0 Å². The number of aromatic nitrogens is 1. The van der Waals surface area contributed by atoms with E-state index in [1.165, 1.54) is 0 Å². The Morgan fingerprint density at radius 3 is 2.62 bits per heavy atom. The third kappa shape index (κ3) is 2.40. The Kier molecular flexibility index (Phi) is 3.54. The van der Waals surface area contributed by atoms with Gasteiger partial charge in [0.1, 0.15) is 10.7 Å². The summed E-state index contributed by atoms with van der Waals surface area (Å²) in [5.41, 5.74) is 0.827. The Hall–Kier alpha value is -0.550. The molecule has 1 aromatic carbocycles. The average Bonchev–Trinajstić information content (AvgIpc) is 2.22. The smallest absolute Gasteiger partial charge is 0.159 e. The van der Waals surface area contributed by atoms with Gasteiger partial charge in [-0.25, -0.2) is 4.98 Å². The van der Waals surface area contributed by atoms with Crippen molar-refractivity contribution in [1.82, 2.24) is 4.98 Å². The van der Waals surface area contributed by atoms with Crippen LogP contribution in [0.3, 0.4) is 0 Å². The topological polar surface area (TPSA) is 22.1 Å². The van der Waals surface area contributed by atoms with Crippen molar-refractivity contribution in [2.75, 3.05) is 0 Å². The van der Waals surface area contributed by atoms with Crippen LogP contribution in [0.4, 0.5) is 0 Å². The average molecular weight is 348 g/mol. The molecule has 0 saturated heterocycles. The third-order valence-electron chi connectivity index (χ3n) is 2.09. The molecule has 0 spiro atoms. The van der Waals surface area contributed by atoms with E-state index in [9.17, 15) is 0 Å². The summed E-state index contributed by atoms with van der Waals surface area (Å²) in [6, 6.07) is 7.79. The van der Waals surface area contributed by atoms with Crippen LogP contribution in [0.2, 0.25) is 5.15 Å². The lowest BCUT2D eigenvalue weighted by molar-refractivity contribution is 0.243. The van der Waals surface area contributed by atoms with Crippen LogP contribution in [-0.2, 0) is 0 Å². The van der Waals surface area contributed by atoms with Gasteiger partial charge in [0.15, 0.2) is 5.75 Å². The molecule has 2 rings (SSSR count). The van der Waals surface area contributed by atoms with Gasteiger partial charge in [-0.15, -0.1) is 0 Å². The normalized spacial score (nSPS) is 11.1. The minimum atomic E-state index is 0.125. The van der Waals surface area contributed by atoms with Crippen molar-refractivity contribution in [3.05, 3.63) is 33.0 Å². The number of ether oxygens (including phenoxy) is 1.